The molecule has 1 fully saturated rings. The van der Waals surface area contributed by atoms with Crippen LogP contribution in [0, 0.1) is 17.2 Å². The van der Waals surface area contributed by atoms with Crippen LogP contribution in [0.15, 0.2) is 24.3 Å². The Morgan fingerprint density at radius 1 is 1.32 bits per heavy atom. The number of halogens is 1. The van der Waals surface area contributed by atoms with Crippen LogP contribution < -0.4 is 0 Å². The molecule has 116 valence electrons. The van der Waals surface area contributed by atoms with Crippen molar-refractivity contribution < 1.29 is 14.3 Å². The number of nitrogens with zero attached hydrogens (tertiary/aromatic N) is 2. The lowest BCUT2D eigenvalue weighted by Gasteiger charge is -2.31. The molecule has 0 aliphatic carbocycles. The number of esters is 1. The molecule has 1 aromatic carbocycles. The second-order valence-corrected chi connectivity index (χ2v) is 5.72. The standard InChI is InChI=1S/C16H17ClN2O3/c1-11(10-18)22-16(21)13-6-8-19(9-7-13)15(20)12-2-4-14(17)5-3-12/h2-5,11,13H,6-9H2,1H3/t11-/m1/s1. The van der Waals surface area contributed by atoms with Gasteiger partial charge in [-0.3, -0.25) is 9.59 Å². The number of amides is 1. The molecule has 0 radical (unpaired) electrons. The minimum absolute atomic E-state index is 0.0612. The molecule has 0 N–H and O–H groups in total. The highest BCUT2D eigenvalue weighted by atomic mass is 35.5. The van der Waals surface area contributed by atoms with Gasteiger partial charge in [0, 0.05) is 23.7 Å². The largest absolute Gasteiger partial charge is 0.447 e. The number of benzene rings is 1. The van der Waals surface area contributed by atoms with Crippen LogP contribution in [0.1, 0.15) is 30.1 Å². The van der Waals surface area contributed by atoms with Crippen molar-refractivity contribution in [1.29, 1.82) is 5.26 Å². The first kappa shape index (κ1) is 16.3. The van der Waals surface area contributed by atoms with Gasteiger partial charge in [0.25, 0.3) is 5.91 Å². The van der Waals surface area contributed by atoms with E-state index in [0.29, 0.717) is 36.5 Å². The van der Waals surface area contributed by atoms with Crippen molar-refractivity contribution in [2.75, 3.05) is 13.1 Å². The highest BCUT2D eigenvalue weighted by molar-refractivity contribution is 6.30. The Morgan fingerprint density at radius 3 is 2.45 bits per heavy atom. The van der Waals surface area contributed by atoms with Crippen LogP contribution in [0.3, 0.4) is 0 Å². The lowest BCUT2D eigenvalue weighted by molar-refractivity contribution is -0.152. The molecular weight excluding hydrogens is 304 g/mol. The van der Waals surface area contributed by atoms with Crippen molar-refractivity contribution in [1.82, 2.24) is 4.90 Å². The Bertz CT molecular complexity index is 586. The molecule has 1 aliphatic heterocycles. The molecule has 5 nitrogen and oxygen atoms in total. The third-order valence-electron chi connectivity index (χ3n) is 3.68. The lowest BCUT2D eigenvalue weighted by atomic mass is 9.96. The second-order valence-electron chi connectivity index (χ2n) is 5.28. The number of nitriles is 1. The number of piperidine rings is 1. The van der Waals surface area contributed by atoms with Gasteiger partial charge in [-0.1, -0.05) is 11.6 Å². The smallest absolute Gasteiger partial charge is 0.310 e. The fraction of sp³-hybridized carbons (Fsp3) is 0.438. The zero-order chi connectivity index (χ0) is 16.1. The van der Waals surface area contributed by atoms with E-state index in [1.807, 2.05) is 6.07 Å². The molecule has 0 saturated carbocycles. The molecule has 1 aliphatic rings. The number of ether oxygens (including phenoxy) is 1. The Kier molecular flexibility index (Phi) is 5.40. The predicted molar refractivity (Wildman–Crippen MR) is 81.2 cm³/mol. The van der Waals surface area contributed by atoms with E-state index in [-0.39, 0.29) is 17.8 Å². The summed E-state index contributed by atoms with van der Waals surface area (Å²) in [7, 11) is 0. The van der Waals surface area contributed by atoms with Gasteiger partial charge in [0.15, 0.2) is 6.10 Å². The van der Waals surface area contributed by atoms with E-state index in [2.05, 4.69) is 0 Å². The Labute approximate surface area is 134 Å². The fourth-order valence-corrected chi connectivity index (χ4v) is 2.52. The van der Waals surface area contributed by atoms with E-state index in [0.717, 1.165) is 0 Å². The molecule has 1 heterocycles. The minimum Gasteiger partial charge on any atom is -0.447 e. The molecule has 1 aromatic rings. The maximum Gasteiger partial charge on any atom is 0.310 e. The van der Waals surface area contributed by atoms with Gasteiger partial charge in [-0.15, -0.1) is 0 Å². The number of carbonyl (C=O) groups excluding carboxylic acids is 2. The van der Waals surface area contributed by atoms with Crippen LogP contribution >= 0.6 is 11.6 Å². The molecule has 0 spiro atoms. The van der Waals surface area contributed by atoms with Crippen molar-refractivity contribution in [2.24, 2.45) is 5.92 Å². The van der Waals surface area contributed by atoms with Crippen LogP contribution in [0.5, 0.6) is 0 Å². The third-order valence-corrected chi connectivity index (χ3v) is 3.93. The average Bonchev–Trinajstić information content (AvgIpc) is 2.55. The van der Waals surface area contributed by atoms with Gasteiger partial charge < -0.3 is 9.64 Å². The summed E-state index contributed by atoms with van der Waals surface area (Å²) in [6.45, 7) is 2.54. The van der Waals surface area contributed by atoms with Gasteiger partial charge in [0.05, 0.1) is 5.92 Å². The molecule has 6 heteroatoms. The fourth-order valence-electron chi connectivity index (χ4n) is 2.39. The molecule has 22 heavy (non-hydrogen) atoms. The van der Waals surface area contributed by atoms with E-state index in [4.69, 9.17) is 21.6 Å². The Morgan fingerprint density at radius 2 is 1.91 bits per heavy atom. The summed E-state index contributed by atoms with van der Waals surface area (Å²) in [5, 5.41) is 9.24. The molecular formula is C16H17ClN2O3. The molecule has 1 amide bonds. The number of carbonyl (C=O) groups is 2. The van der Waals surface area contributed by atoms with Crippen molar-refractivity contribution in [3.05, 3.63) is 34.9 Å². The molecule has 1 atom stereocenters. The molecule has 0 bridgehead atoms. The van der Waals surface area contributed by atoms with Crippen molar-refractivity contribution >= 4 is 23.5 Å². The van der Waals surface area contributed by atoms with Crippen molar-refractivity contribution in [3.63, 3.8) is 0 Å². The van der Waals surface area contributed by atoms with E-state index in [1.54, 1.807) is 29.2 Å². The summed E-state index contributed by atoms with van der Waals surface area (Å²) in [6, 6.07) is 8.62. The predicted octanol–water partition coefficient (Wildman–Crippen LogP) is 2.65. The summed E-state index contributed by atoms with van der Waals surface area (Å²) >= 11 is 5.81. The first-order valence-electron chi connectivity index (χ1n) is 7.16. The minimum atomic E-state index is -0.735. The second kappa shape index (κ2) is 7.28. The van der Waals surface area contributed by atoms with Crippen LogP contribution in [0.25, 0.3) is 0 Å². The van der Waals surface area contributed by atoms with Crippen LogP contribution in [-0.4, -0.2) is 36.0 Å². The van der Waals surface area contributed by atoms with E-state index < -0.39 is 6.10 Å². The molecule has 2 rings (SSSR count). The summed E-state index contributed by atoms with van der Waals surface area (Å²) in [5.74, 6) is -0.661. The summed E-state index contributed by atoms with van der Waals surface area (Å²) < 4.78 is 5.01. The first-order chi connectivity index (χ1) is 10.5. The number of likely N-dealkylation sites (tertiary alicyclic amines) is 1. The van der Waals surface area contributed by atoms with E-state index >= 15 is 0 Å². The normalized spacial score (nSPS) is 16.7. The maximum absolute atomic E-state index is 12.3. The van der Waals surface area contributed by atoms with Gasteiger partial charge in [-0.2, -0.15) is 5.26 Å². The lowest BCUT2D eigenvalue weighted by Crippen LogP contribution is -2.41. The van der Waals surface area contributed by atoms with Gasteiger partial charge in [-0.05, 0) is 44.0 Å². The zero-order valence-electron chi connectivity index (χ0n) is 12.3. The highest BCUT2D eigenvalue weighted by Gasteiger charge is 2.29. The number of hydrogen-bond acceptors (Lipinski definition) is 4. The average molecular weight is 321 g/mol. The van der Waals surface area contributed by atoms with E-state index in [9.17, 15) is 9.59 Å². The van der Waals surface area contributed by atoms with Gasteiger partial charge in [-0.25, -0.2) is 0 Å². The quantitative estimate of drug-likeness (QED) is 0.803. The van der Waals surface area contributed by atoms with Crippen LogP contribution in [0.2, 0.25) is 5.02 Å². The van der Waals surface area contributed by atoms with Crippen molar-refractivity contribution in [2.45, 2.75) is 25.9 Å². The topological polar surface area (TPSA) is 70.4 Å². The number of rotatable bonds is 3. The zero-order valence-corrected chi connectivity index (χ0v) is 13.0. The maximum atomic E-state index is 12.3. The Balaban J connectivity index is 1.89. The SMILES string of the molecule is C[C@H](C#N)OC(=O)C1CCN(C(=O)c2ccc(Cl)cc2)CC1. The number of hydrogen-bond donors (Lipinski definition) is 0. The summed E-state index contributed by atoms with van der Waals surface area (Å²) in [6.07, 6.45) is 0.369. The van der Waals surface area contributed by atoms with Gasteiger partial charge >= 0.3 is 5.97 Å². The molecule has 1 saturated heterocycles. The van der Waals surface area contributed by atoms with Crippen molar-refractivity contribution in [3.8, 4) is 6.07 Å². The molecule has 0 aromatic heterocycles. The summed E-state index contributed by atoms with van der Waals surface area (Å²) in [4.78, 5) is 25.9. The third kappa shape index (κ3) is 3.99. The Hall–Kier alpha value is -2.06. The first-order valence-corrected chi connectivity index (χ1v) is 7.54. The monoisotopic (exact) mass is 320 g/mol. The summed E-state index contributed by atoms with van der Waals surface area (Å²) in [5.41, 5.74) is 0.587. The van der Waals surface area contributed by atoms with E-state index in [1.165, 1.54) is 6.92 Å². The highest BCUT2D eigenvalue weighted by Crippen LogP contribution is 2.21. The van der Waals surface area contributed by atoms with Gasteiger partial charge in [0.1, 0.15) is 6.07 Å². The molecule has 0 unspecified atom stereocenters. The van der Waals surface area contributed by atoms with Gasteiger partial charge in [0.2, 0.25) is 0 Å². The van der Waals surface area contributed by atoms with Crippen LogP contribution in [-0.2, 0) is 9.53 Å². The van der Waals surface area contributed by atoms with Crippen LogP contribution in [0.4, 0.5) is 0 Å².